The van der Waals surface area contributed by atoms with Gasteiger partial charge in [-0.05, 0) is 62.4 Å². The molecule has 194 valence electrons. The third-order valence-electron chi connectivity index (χ3n) is 6.48. The molecule has 8 heteroatoms. The highest BCUT2D eigenvalue weighted by atomic mass is 35.5. The van der Waals surface area contributed by atoms with Crippen LogP contribution in [-0.4, -0.2) is 23.2 Å². The minimum absolute atomic E-state index is 0.0158. The van der Waals surface area contributed by atoms with Gasteiger partial charge in [-0.15, -0.1) is 0 Å². The fourth-order valence-electron chi connectivity index (χ4n) is 4.16. The standard InChI is InChI=1S/C30H28ClN3O4/c1-18(25-5-3-4-6-26(25)31)37-30(36)33-27-19(2)38-34-28(27)22-11-7-20(8-12-22)17-21-9-13-23(14-10-21)29(35)32-24-15-16-24/h3-14,18,24H,15-17H2,1-2H3,(H,32,35)(H,33,36). The molecular weight excluding hydrogens is 502 g/mol. The Kier molecular flexibility index (Phi) is 7.47. The Morgan fingerprint density at radius 3 is 2.34 bits per heavy atom. The first kappa shape index (κ1) is 25.5. The maximum Gasteiger partial charge on any atom is 0.412 e. The molecule has 2 N–H and O–H groups in total. The zero-order chi connectivity index (χ0) is 26.6. The lowest BCUT2D eigenvalue weighted by Gasteiger charge is -2.15. The van der Waals surface area contributed by atoms with Crippen LogP contribution in [-0.2, 0) is 11.2 Å². The lowest BCUT2D eigenvalue weighted by molar-refractivity contribution is 0.0951. The van der Waals surface area contributed by atoms with Gasteiger partial charge in [0.05, 0.1) is 0 Å². The fraction of sp³-hybridized carbons (Fsp3) is 0.233. The first-order valence-corrected chi connectivity index (χ1v) is 12.9. The van der Waals surface area contributed by atoms with Crippen LogP contribution in [0.25, 0.3) is 11.3 Å². The summed E-state index contributed by atoms with van der Waals surface area (Å²) < 4.78 is 10.9. The molecule has 1 aliphatic rings. The molecule has 1 heterocycles. The molecule has 3 aromatic carbocycles. The van der Waals surface area contributed by atoms with E-state index in [9.17, 15) is 9.59 Å². The molecule has 0 saturated heterocycles. The van der Waals surface area contributed by atoms with Crippen LogP contribution in [0, 0.1) is 6.92 Å². The number of rotatable bonds is 8. The molecule has 1 fully saturated rings. The molecule has 4 aromatic rings. The van der Waals surface area contributed by atoms with E-state index in [0.717, 1.165) is 41.5 Å². The Balaban J connectivity index is 1.23. The summed E-state index contributed by atoms with van der Waals surface area (Å²) in [5.41, 5.74) is 5.38. The number of ether oxygens (including phenoxy) is 1. The van der Waals surface area contributed by atoms with Crippen molar-refractivity contribution >= 4 is 29.3 Å². The fourth-order valence-corrected chi connectivity index (χ4v) is 4.45. The maximum absolute atomic E-state index is 12.6. The number of benzene rings is 3. The monoisotopic (exact) mass is 529 g/mol. The summed E-state index contributed by atoms with van der Waals surface area (Å²) in [5.74, 6) is 0.454. The number of halogens is 1. The third-order valence-corrected chi connectivity index (χ3v) is 6.83. The predicted molar refractivity (Wildman–Crippen MR) is 146 cm³/mol. The summed E-state index contributed by atoms with van der Waals surface area (Å²) in [5, 5.41) is 10.5. The van der Waals surface area contributed by atoms with Crippen LogP contribution in [0.3, 0.4) is 0 Å². The average Bonchev–Trinajstić information content (AvgIpc) is 3.66. The number of nitrogens with zero attached hydrogens (tertiary/aromatic N) is 1. The molecule has 7 nitrogen and oxygen atoms in total. The molecular formula is C30H28ClN3O4. The molecule has 2 amide bonds. The van der Waals surface area contributed by atoms with Crippen molar-refractivity contribution in [3.05, 3.63) is 106 Å². The topological polar surface area (TPSA) is 93.5 Å². The number of hydrogen-bond acceptors (Lipinski definition) is 5. The van der Waals surface area contributed by atoms with Gasteiger partial charge in [0.15, 0.2) is 5.76 Å². The highest BCUT2D eigenvalue weighted by Gasteiger charge is 2.24. The highest BCUT2D eigenvalue weighted by Crippen LogP contribution is 2.32. The van der Waals surface area contributed by atoms with Gasteiger partial charge in [-0.2, -0.15) is 0 Å². The van der Waals surface area contributed by atoms with Gasteiger partial charge < -0.3 is 14.6 Å². The van der Waals surface area contributed by atoms with Crippen molar-refractivity contribution in [1.82, 2.24) is 10.5 Å². The van der Waals surface area contributed by atoms with E-state index in [0.29, 0.717) is 33.8 Å². The third kappa shape index (κ3) is 6.06. The maximum atomic E-state index is 12.6. The van der Waals surface area contributed by atoms with Crippen LogP contribution in [0.1, 0.15) is 58.7 Å². The van der Waals surface area contributed by atoms with Gasteiger partial charge in [-0.3, -0.25) is 10.1 Å². The molecule has 0 aliphatic heterocycles. The summed E-state index contributed by atoms with van der Waals surface area (Å²) in [7, 11) is 0. The minimum atomic E-state index is -0.629. The van der Waals surface area contributed by atoms with Gasteiger partial charge in [0.2, 0.25) is 0 Å². The molecule has 38 heavy (non-hydrogen) atoms. The predicted octanol–water partition coefficient (Wildman–Crippen LogP) is 7.10. The van der Waals surface area contributed by atoms with E-state index in [4.69, 9.17) is 20.9 Å². The molecule has 1 aliphatic carbocycles. The Hall–Kier alpha value is -4.10. The number of hydrogen-bond donors (Lipinski definition) is 2. The largest absolute Gasteiger partial charge is 0.441 e. The molecule has 0 radical (unpaired) electrons. The second-order valence-electron chi connectivity index (χ2n) is 9.47. The molecule has 1 aromatic heterocycles. The number of carbonyl (C=O) groups is 2. The van der Waals surface area contributed by atoms with Crippen LogP contribution in [0.2, 0.25) is 5.02 Å². The van der Waals surface area contributed by atoms with E-state index in [2.05, 4.69) is 15.8 Å². The lowest BCUT2D eigenvalue weighted by atomic mass is 10.0. The van der Waals surface area contributed by atoms with Crippen molar-refractivity contribution in [2.45, 2.75) is 45.3 Å². The Morgan fingerprint density at radius 2 is 1.68 bits per heavy atom. The molecule has 1 saturated carbocycles. The van der Waals surface area contributed by atoms with Crippen LogP contribution in [0.15, 0.2) is 77.3 Å². The van der Waals surface area contributed by atoms with Crippen molar-refractivity contribution in [2.75, 3.05) is 5.32 Å². The number of aromatic nitrogens is 1. The first-order chi connectivity index (χ1) is 18.4. The molecule has 1 unspecified atom stereocenters. The number of carbonyl (C=O) groups excluding carboxylic acids is 2. The van der Waals surface area contributed by atoms with Gasteiger partial charge >= 0.3 is 6.09 Å². The average molecular weight is 530 g/mol. The first-order valence-electron chi connectivity index (χ1n) is 12.5. The zero-order valence-corrected chi connectivity index (χ0v) is 21.9. The van der Waals surface area contributed by atoms with Gasteiger partial charge in [0, 0.05) is 27.8 Å². The number of aryl methyl sites for hydroxylation is 1. The number of amides is 2. The Morgan fingerprint density at radius 1 is 1.03 bits per heavy atom. The van der Waals surface area contributed by atoms with E-state index in [1.165, 1.54) is 0 Å². The summed E-state index contributed by atoms with van der Waals surface area (Å²) in [6.07, 6.45) is 1.69. The van der Waals surface area contributed by atoms with Gasteiger partial charge in [0.1, 0.15) is 17.5 Å². The molecule has 1 atom stereocenters. The smallest absolute Gasteiger partial charge is 0.412 e. The summed E-state index contributed by atoms with van der Waals surface area (Å²) in [6.45, 7) is 3.49. The van der Waals surface area contributed by atoms with E-state index in [1.54, 1.807) is 19.9 Å². The van der Waals surface area contributed by atoms with Gasteiger partial charge in [-0.25, -0.2) is 4.79 Å². The molecule has 0 bridgehead atoms. The normalized spacial score (nSPS) is 13.6. The summed E-state index contributed by atoms with van der Waals surface area (Å²) >= 11 is 6.22. The number of nitrogens with one attached hydrogen (secondary N) is 2. The minimum Gasteiger partial charge on any atom is -0.441 e. The Bertz CT molecular complexity index is 1440. The van der Waals surface area contributed by atoms with Crippen LogP contribution in [0.5, 0.6) is 0 Å². The van der Waals surface area contributed by atoms with Crippen molar-refractivity contribution in [3.8, 4) is 11.3 Å². The van der Waals surface area contributed by atoms with E-state index >= 15 is 0 Å². The quantitative estimate of drug-likeness (QED) is 0.254. The second-order valence-corrected chi connectivity index (χ2v) is 9.88. The van der Waals surface area contributed by atoms with Crippen molar-refractivity contribution < 1.29 is 18.8 Å². The van der Waals surface area contributed by atoms with Crippen molar-refractivity contribution in [1.29, 1.82) is 0 Å². The summed E-state index contributed by atoms with van der Waals surface area (Å²) in [6, 6.07) is 23.2. The van der Waals surface area contributed by atoms with Gasteiger partial charge in [-0.1, -0.05) is 71.4 Å². The molecule has 5 rings (SSSR count). The van der Waals surface area contributed by atoms with Crippen LogP contribution >= 0.6 is 11.6 Å². The number of anilines is 1. The van der Waals surface area contributed by atoms with E-state index < -0.39 is 12.2 Å². The van der Waals surface area contributed by atoms with Crippen molar-refractivity contribution in [3.63, 3.8) is 0 Å². The van der Waals surface area contributed by atoms with E-state index in [-0.39, 0.29) is 5.91 Å². The van der Waals surface area contributed by atoms with E-state index in [1.807, 2.05) is 66.7 Å². The summed E-state index contributed by atoms with van der Waals surface area (Å²) in [4.78, 5) is 24.8. The van der Waals surface area contributed by atoms with Crippen LogP contribution < -0.4 is 10.6 Å². The zero-order valence-electron chi connectivity index (χ0n) is 21.2. The van der Waals surface area contributed by atoms with Crippen molar-refractivity contribution in [2.24, 2.45) is 0 Å². The molecule has 0 spiro atoms. The van der Waals surface area contributed by atoms with Crippen LogP contribution in [0.4, 0.5) is 10.5 Å². The SMILES string of the molecule is Cc1onc(-c2ccc(Cc3ccc(C(=O)NC4CC4)cc3)cc2)c1NC(=O)OC(C)c1ccccc1Cl. The lowest BCUT2D eigenvalue weighted by Crippen LogP contribution is -2.25. The Labute approximate surface area is 226 Å². The highest BCUT2D eigenvalue weighted by molar-refractivity contribution is 6.31. The van der Waals surface area contributed by atoms with Gasteiger partial charge in [0.25, 0.3) is 5.91 Å². The second kappa shape index (κ2) is 11.1.